The Labute approximate surface area is 88.6 Å². The summed E-state index contributed by atoms with van der Waals surface area (Å²) in [5, 5.41) is 6.35. The molecule has 0 saturated carbocycles. The second kappa shape index (κ2) is 7.05. The fraction of sp³-hybridized carbons (Fsp3) is 0.875. The highest BCUT2D eigenvalue weighted by Gasteiger charge is 2.29. The minimum atomic E-state index is -0.870. The third kappa shape index (κ3) is 5.21. The Morgan fingerprint density at radius 2 is 2.40 bits per heavy atom. The first-order valence-corrected chi connectivity index (χ1v) is 4.61. The van der Waals surface area contributed by atoms with Crippen molar-refractivity contribution in [3.8, 4) is 0 Å². The van der Waals surface area contributed by atoms with Crippen LogP contribution in [0.3, 0.4) is 0 Å². The van der Waals surface area contributed by atoms with E-state index in [1.165, 1.54) is 7.11 Å². The number of primary amides is 1. The molecule has 1 unspecified atom stereocenters. The molecule has 0 saturated heterocycles. The lowest BCUT2D eigenvalue weighted by molar-refractivity contribution is -0.125. The average molecular weight is 215 g/mol. The maximum Gasteiger partial charge on any atom is 0.239 e. The van der Waals surface area contributed by atoms with E-state index in [0.29, 0.717) is 19.5 Å². The summed E-state index contributed by atoms with van der Waals surface area (Å²) in [5.74, 6) is -0.465. The van der Waals surface area contributed by atoms with Gasteiger partial charge in [-0.25, -0.2) is 0 Å². The van der Waals surface area contributed by atoms with Crippen molar-refractivity contribution in [2.24, 2.45) is 10.8 Å². The molecule has 3 N–H and O–H groups in total. The van der Waals surface area contributed by atoms with Crippen LogP contribution in [-0.2, 0) is 9.53 Å². The Hall–Kier alpha value is -1.30. The molecule has 0 aromatic rings. The van der Waals surface area contributed by atoms with Crippen molar-refractivity contribution in [2.75, 3.05) is 26.8 Å². The van der Waals surface area contributed by atoms with Gasteiger partial charge in [0.2, 0.25) is 5.91 Å². The number of carbonyl (C=O) groups excluding carboxylic acids is 1. The standard InChI is InChI=1S/C8H17N5O2/c1-8(6-15-2,7(9)14)11-4-3-5-12-13-10/h11H,3-6H2,1-2H3,(H2,9,14). The molecule has 7 heteroatoms. The van der Waals surface area contributed by atoms with E-state index < -0.39 is 11.4 Å². The predicted octanol–water partition coefficient (Wildman–Crippen LogP) is 0.167. The molecule has 0 bridgehead atoms. The number of azide groups is 1. The number of hydrogen-bond donors (Lipinski definition) is 2. The van der Waals surface area contributed by atoms with Gasteiger partial charge in [0.15, 0.2) is 0 Å². The fourth-order valence-corrected chi connectivity index (χ4v) is 1.06. The average Bonchev–Trinajstić information content (AvgIpc) is 2.18. The Kier molecular flexibility index (Phi) is 6.44. The number of nitrogens with two attached hydrogens (primary N) is 1. The van der Waals surface area contributed by atoms with Gasteiger partial charge in [-0.3, -0.25) is 4.79 Å². The molecule has 0 heterocycles. The van der Waals surface area contributed by atoms with Gasteiger partial charge in [-0.05, 0) is 25.4 Å². The van der Waals surface area contributed by atoms with Crippen molar-refractivity contribution >= 4 is 5.91 Å². The summed E-state index contributed by atoms with van der Waals surface area (Å²) in [6, 6.07) is 0. The molecule has 0 spiro atoms. The van der Waals surface area contributed by atoms with Gasteiger partial charge in [0.25, 0.3) is 0 Å². The largest absolute Gasteiger partial charge is 0.382 e. The van der Waals surface area contributed by atoms with E-state index in [1.54, 1.807) is 6.92 Å². The van der Waals surface area contributed by atoms with Crippen LogP contribution in [0, 0.1) is 0 Å². The van der Waals surface area contributed by atoms with Crippen LogP contribution >= 0.6 is 0 Å². The number of nitrogens with zero attached hydrogens (tertiary/aromatic N) is 3. The first kappa shape index (κ1) is 13.7. The fourth-order valence-electron chi connectivity index (χ4n) is 1.06. The number of hydrogen-bond acceptors (Lipinski definition) is 4. The molecule has 0 rings (SSSR count). The highest BCUT2D eigenvalue weighted by molar-refractivity contribution is 5.84. The van der Waals surface area contributed by atoms with E-state index in [0.717, 1.165) is 0 Å². The van der Waals surface area contributed by atoms with Gasteiger partial charge in [-0.1, -0.05) is 5.11 Å². The SMILES string of the molecule is COCC(C)(NCCCN=[N+]=[N-])C(N)=O. The monoisotopic (exact) mass is 215 g/mol. The smallest absolute Gasteiger partial charge is 0.239 e. The second-order valence-corrected chi connectivity index (χ2v) is 3.36. The van der Waals surface area contributed by atoms with E-state index in [2.05, 4.69) is 15.3 Å². The van der Waals surface area contributed by atoms with Crippen LogP contribution in [0.2, 0.25) is 0 Å². The van der Waals surface area contributed by atoms with Gasteiger partial charge in [-0.15, -0.1) is 0 Å². The van der Waals surface area contributed by atoms with E-state index in [4.69, 9.17) is 16.0 Å². The minimum absolute atomic E-state index is 0.212. The Morgan fingerprint density at radius 3 is 2.87 bits per heavy atom. The first-order chi connectivity index (χ1) is 7.06. The molecule has 0 radical (unpaired) electrons. The number of carbonyl (C=O) groups is 1. The molecule has 0 aromatic carbocycles. The van der Waals surface area contributed by atoms with Gasteiger partial charge < -0.3 is 15.8 Å². The van der Waals surface area contributed by atoms with E-state index in [-0.39, 0.29) is 6.61 Å². The van der Waals surface area contributed by atoms with E-state index in [9.17, 15) is 4.79 Å². The molecule has 0 aromatic heterocycles. The lowest BCUT2D eigenvalue weighted by Gasteiger charge is -2.26. The zero-order valence-corrected chi connectivity index (χ0v) is 9.06. The van der Waals surface area contributed by atoms with E-state index in [1.807, 2.05) is 0 Å². The first-order valence-electron chi connectivity index (χ1n) is 4.61. The quantitative estimate of drug-likeness (QED) is 0.260. The summed E-state index contributed by atoms with van der Waals surface area (Å²) in [7, 11) is 1.50. The minimum Gasteiger partial charge on any atom is -0.382 e. The van der Waals surface area contributed by atoms with Crippen LogP contribution in [0.5, 0.6) is 0 Å². The zero-order valence-electron chi connectivity index (χ0n) is 9.06. The molecule has 86 valence electrons. The van der Waals surface area contributed by atoms with Gasteiger partial charge in [0.05, 0.1) is 6.61 Å². The summed E-state index contributed by atoms with van der Waals surface area (Å²) >= 11 is 0. The van der Waals surface area contributed by atoms with Crippen LogP contribution in [-0.4, -0.2) is 38.3 Å². The van der Waals surface area contributed by atoms with Crippen LogP contribution in [0.25, 0.3) is 10.4 Å². The van der Waals surface area contributed by atoms with Crippen molar-refractivity contribution in [1.82, 2.24) is 5.32 Å². The molecule has 15 heavy (non-hydrogen) atoms. The maximum absolute atomic E-state index is 11.1. The summed E-state index contributed by atoms with van der Waals surface area (Å²) < 4.78 is 4.90. The molecule has 1 atom stereocenters. The molecule has 0 aliphatic heterocycles. The van der Waals surface area contributed by atoms with Crippen molar-refractivity contribution in [3.63, 3.8) is 0 Å². The molecule has 0 aliphatic rings. The van der Waals surface area contributed by atoms with Crippen LogP contribution < -0.4 is 11.1 Å². The predicted molar refractivity (Wildman–Crippen MR) is 56.1 cm³/mol. The third-order valence-corrected chi connectivity index (χ3v) is 1.99. The van der Waals surface area contributed by atoms with Crippen LogP contribution in [0.15, 0.2) is 5.11 Å². The molecular formula is C8H17N5O2. The zero-order chi connectivity index (χ0) is 11.7. The van der Waals surface area contributed by atoms with E-state index >= 15 is 0 Å². The molecule has 0 fully saturated rings. The van der Waals surface area contributed by atoms with Crippen LogP contribution in [0.1, 0.15) is 13.3 Å². The van der Waals surface area contributed by atoms with Gasteiger partial charge in [0.1, 0.15) is 5.54 Å². The van der Waals surface area contributed by atoms with Crippen molar-refractivity contribution < 1.29 is 9.53 Å². The molecule has 7 nitrogen and oxygen atoms in total. The summed E-state index contributed by atoms with van der Waals surface area (Å²) in [6.07, 6.45) is 0.649. The number of nitrogens with one attached hydrogen (secondary N) is 1. The third-order valence-electron chi connectivity index (χ3n) is 1.99. The Balaban J connectivity index is 3.96. The van der Waals surface area contributed by atoms with Crippen molar-refractivity contribution in [1.29, 1.82) is 0 Å². The van der Waals surface area contributed by atoms with Crippen molar-refractivity contribution in [3.05, 3.63) is 10.4 Å². The topological polar surface area (TPSA) is 113 Å². The lowest BCUT2D eigenvalue weighted by atomic mass is 10.0. The number of rotatable bonds is 8. The highest BCUT2D eigenvalue weighted by Crippen LogP contribution is 2.03. The highest BCUT2D eigenvalue weighted by atomic mass is 16.5. The van der Waals surface area contributed by atoms with Gasteiger partial charge >= 0.3 is 0 Å². The van der Waals surface area contributed by atoms with Gasteiger partial charge in [-0.2, -0.15) is 0 Å². The number of methoxy groups -OCH3 is 1. The van der Waals surface area contributed by atoms with Crippen LogP contribution in [0.4, 0.5) is 0 Å². The molecule has 0 aliphatic carbocycles. The Bertz CT molecular complexity index is 251. The molecule has 1 amide bonds. The summed E-state index contributed by atoms with van der Waals surface area (Å²) in [6.45, 7) is 2.82. The number of amides is 1. The maximum atomic E-state index is 11.1. The van der Waals surface area contributed by atoms with Crippen molar-refractivity contribution in [2.45, 2.75) is 18.9 Å². The number of ether oxygens (including phenoxy) is 1. The molecular weight excluding hydrogens is 198 g/mol. The Morgan fingerprint density at radius 1 is 1.73 bits per heavy atom. The normalized spacial score (nSPS) is 14.0. The second-order valence-electron chi connectivity index (χ2n) is 3.36. The lowest BCUT2D eigenvalue weighted by Crippen LogP contribution is -2.56. The summed E-state index contributed by atoms with van der Waals surface area (Å²) in [5.41, 5.74) is 12.4. The van der Waals surface area contributed by atoms with Gasteiger partial charge in [0, 0.05) is 18.6 Å². The summed E-state index contributed by atoms with van der Waals surface area (Å²) in [4.78, 5) is 13.8.